The number of imide groups is 1. The van der Waals surface area contributed by atoms with E-state index in [0.717, 1.165) is 24.1 Å². The van der Waals surface area contributed by atoms with Crippen LogP contribution in [0.25, 0.3) is 0 Å². The zero-order valence-corrected chi connectivity index (χ0v) is 18.8. The number of aryl methyl sites for hydroxylation is 2. The van der Waals surface area contributed by atoms with Crippen molar-refractivity contribution in [2.24, 2.45) is 0 Å². The molecule has 0 saturated heterocycles. The molecule has 1 aliphatic rings. The summed E-state index contributed by atoms with van der Waals surface area (Å²) < 4.78 is 0. The molecular formula is C25H32N4O4. The van der Waals surface area contributed by atoms with Crippen LogP contribution in [-0.2, 0) is 27.2 Å². The third-order valence-electron chi connectivity index (χ3n) is 5.69. The van der Waals surface area contributed by atoms with Gasteiger partial charge in [-0.05, 0) is 56.2 Å². The summed E-state index contributed by atoms with van der Waals surface area (Å²) in [5.41, 5.74) is 7.53. The summed E-state index contributed by atoms with van der Waals surface area (Å²) in [6.07, 6.45) is 3.91. The highest BCUT2D eigenvalue weighted by Gasteiger charge is 2.32. The van der Waals surface area contributed by atoms with Crippen LogP contribution in [0.3, 0.4) is 0 Å². The number of benzene rings is 1. The van der Waals surface area contributed by atoms with Gasteiger partial charge < -0.3 is 16.2 Å². The second-order valence-corrected chi connectivity index (χ2v) is 8.50. The third kappa shape index (κ3) is 8.31. The molecule has 1 saturated carbocycles. The summed E-state index contributed by atoms with van der Waals surface area (Å²) in [5, 5.41) is 12.6. The Kier molecular flexibility index (Phi) is 8.95. The van der Waals surface area contributed by atoms with Gasteiger partial charge in [0.15, 0.2) is 0 Å². The molecule has 0 radical (unpaired) electrons. The number of carbonyl (C=O) groups is 3. The molecule has 2 aromatic rings. The van der Waals surface area contributed by atoms with Crippen LogP contribution in [0, 0.1) is 0 Å². The van der Waals surface area contributed by atoms with E-state index in [-0.39, 0.29) is 31.2 Å². The Balaban J connectivity index is 1.68. The van der Waals surface area contributed by atoms with E-state index >= 15 is 0 Å². The molecule has 3 rings (SSSR count). The first-order chi connectivity index (χ1) is 15.9. The van der Waals surface area contributed by atoms with E-state index in [2.05, 4.69) is 10.3 Å². The molecule has 33 heavy (non-hydrogen) atoms. The summed E-state index contributed by atoms with van der Waals surface area (Å²) in [7, 11) is 0. The molecule has 1 aromatic heterocycles. The number of amides is 2. The van der Waals surface area contributed by atoms with Gasteiger partial charge in [-0.3, -0.25) is 19.3 Å². The van der Waals surface area contributed by atoms with Gasteiger partial charge in [-0.2, -0.15) is 0 Å². The Morgan fingerprint density at radius 3 is 2.48 bits per heavy atom. The number of anilines is 1. The van der Waals surface area contributed by atoms with E-state index in [4.69, 9.17) is 5.73 Å². The Morgan fingerprint density at radius 2 is 1.82 bits per heavy atom. The van der Waals surface area contributed by atoms with Crippen LogP contribution in [0.5, 0.6) is 0 Å². The molecule has 1 heterocycles. The number of carboxylic acid groups (broad SMARTS) is 1. The summed E-state index contributed by atoms with van der Waals surface area (Å²) in [4.78, 5) is 43.3. The molecule has 1 aliphatic carbocycles. The fraction of sp³-hybridized carbons (Fsp3) is 0.440. The molecule has 0 aliphatic heterocycles. The fourth-order valence-electron chi connectivity index (χ4n) is 3.83. The molecule has 1 fully saturated rings. The Labute approximate surface area is 194 Å². The van der Waals surface area contributed by atoms with Crippen LogP contribution in [0.2, 0.25) is 0 Å². The predicted molar refractivity (Wildman–Crippen MR) is 125 cm³/mol. The minimum Gasteiger partial charge on any atom is -0.481 e. The summed E-state index contributed by atoms with van der Waals surface area (Å²) in [6, 6.07) is 14.6. The maximum absolute atomic E-state index is 13.2. The van der Waals surface area contributed by atoms with Crippen molar-refractivity contribution in [2.75, 3.05) is 12.3 Å². The average molecular weight is 453 g/mol. The van der Waals surface area contributed by atoms with E-state index in [0.29, 0.717) is 37.5 Å². The average Bonchev–Trinajstić information content (AvgIpc) is 3.61. The molecule has 0 spiro atoms. The monoisotopic (exact) mass is 452 g/mol. The number of carbonyl (C=O) groups excluding carboxylic acids is 2. The molecule has 2 amide bonds. The molecule has 0 bridgehead atoms. The van der Waals surface area contributed by atoms with Crippen molar-refractivity contribution < 1.29 is 19.5 Å². The van der Waals surface area contributed by atoms with Gasteiger partial charge >= 0.3 is 5.97 Å². The number of aliphatic carboxylic acids is 1. The smallest absolute Gasteiger partial charge is 0.305 e. The number of nitrogens with two attached hydrogens (primary N) is 1. The lowest BCUT2D eigenvalue weighted by Crippen LogP contribution is -2.49. The highest BCUT2D eigenvalue weighted by Crippen LogP contribution is 2.20. The van der Waals surface area contributed by atoms with Crippen LogP contribution in [0.15, 0.2) is 48.5 Å². The van der Waals surface area contributed by atoms with Gasteiger partial charge in [0.1, 0.15) is 5.82 Å². The van der Waals surface area contributed by atoms with Gasteiger partial charge in [0.25, 0.3) is 0 Å². The Morgan fingerprint density at radius 1 is 1.06 bits per heavy atom. The Hall–Kier alpha value is -3.26. The van der Waals surface area contributed by atoms with Crippen LogP contribution < -0.4 is 11.1 Å². The lowest BCUT2D eigenvalue weighted by atomic mass is 10.0. The standard InChI is InChI=1S/C25H32N4O4/c26-22-10-4-8-20(28-22)9-5-11-23(30)29(24(31)17-27-19-13-14-19)21(16-25(32)33)15-12-18-6-2-1-3-7-18/h1-4,6-8,10,19,21,27H,5,9,11-17H2,(H2,26,28)(H,32,33). The zero-order chi connectivity index (χ0) is 23.6. The van der Waals surface area contributed by atoms with Gasteiger partial charge in [-0.15, -0.1) is 0 Å². The van der Waals surface area contributed by atoms with E-state index < -0.39 is 12.0 Å². The van der Waals surface area contributed by atoms with Crippen molar-refractivity contribution in [3.63, 3.8) is 0 Å². The lowest BCUT2D eigenvalue weighted by molar-refractivity contribution is -0.149. The Bertz CT molecular complexity index is 946. The zero-order valence-electron chi connectivity index (χ0n) is 18.8. The first-order valence-electron chi connectivity index (χ1n) is 11.5. The van der Waals surface area contributed by atoms with Crippen molar-refractivity contribution in [3.05, 3.63) is 59.8 Å². The molecule has 176 valence electrons. The number of nitrogen functional groups attached to an aromatic ring is 1. The minimum absolute atomic E-state index is 0.0363. The van der Waals surface area contributed by atoms with Crippen molar-refractivity contribution in [1.29, 1.82) is 0 Å². The SMILES string of the molecule is Nc1cccc(CCCC(=O)N(C(=O)CNC2CC2)C(CCc2ccccc2)CC(=O)O)n1. The number of hydrogen-bond donors (Lipinski definition) is 3. The first kappa shape index (κ1) is 24.4. The van der Waals surface area contributed by atoms with Gasteiger partial charge in [-0.25, -0.2) is 4.98 Å². The van der Waals surface area contributed by atoms with E-state index in [1.807, 2.05) is 42.5 Å². The van der Waals surface area contributed by atoms with Crippen LogP contribution in [0.1, 0.15) is 49.8 Å². The molecule has 8 nitrogen and oxygen atoms in total. The van der Waals surface area contributed by atoms with E-state index in [1.165, 1.54) is 4.90 Å². The predicted octanol–water partition coefficient (Wildman–Crippen LogP) is 2.57. The summed E-state index contributed by atoms with van der Waals surface area (Å²) in [6.45, 7) is 0.0363. The number of carboxylic acids is 1. The van der Waals surface area contributed by atoms with Crippen LogP contribution >= 0.6 is 0 Å². The molecule has 1 unspecified atom stereocenters. The van der Waals surface area contributed by atoms with Crippen molar-refractivity contribution in [1.82, 2.24) is 15.2 Å². The largest absolute Gasteiger partial charge is 0.481 e. The van der Waals surface area contributed by atoms with Gasteiger partial charge in [-0.1, -0.05) is 36.4 Å². The maximum Gasteiger partial charge on any atom is 0.305 e. The molecular weight excluding hydrogens is 420 g/mol. The number of aromatic nitrogens is 1. The highest BCUT2D eigenvalue weighted by atomic mass is 16.4. The lowest BCUT2D eigenvalue weighted by Gasteiger charge is -2.30. The van der Waals surface area contributed by atoms with E-state index in [9.17, 15) is 19.5 Å². The van der Waals surface area contributed by atoms with Crippen molar-refractivity contribution in [3.8, 4) is 0 Å². The second-order valence-electron chi connectivity index (χ2n) is 8.50. The molecule has 4 N–H and O–H groups in total. The topological polar surface area (TPSA) is 126 Å². The molecule has 1 aromatic carbocycles. The summed E-state index contributed by atoms with van der Waals surface area (Å²) in [5.74, 6) is -1.32. The minimum atomic E-state index is -1.03. The molecule has 1 atom stereocenters. The van der Waals surface area contributed by atoms with E-state index in [1.54, 1.807) is 6.07 Å². The number of hydrogen-bond acceptors (Lipinski definition) is 6. The maximum atomic E-state index is 13.2. The van der Waals surface area contributed by atoms with Crippen molar-refractivity contribution >= 4 is 23.6 Å². The second kappa shape index (κ2) is 12.1. The number of nitrogens with zero attached hydrogens (tertiary/aromatic N) is 2. The van der Waals surface area contributed by atoms with Gasteiger partial charge in [0.2, 0.25) is 11.8 Å². The quantitative estimate of drug-likeness (QED) is 0.426. The van der Waals surface area contributed by atoms with Crippen LogP contribution in [0.4, 0.5) is 5.82 Å². The van der Waals surface area contributed by atoms with Gasteiger partial charge in [0.05, 0.1) is 19.0 Å². The number of pyridine rings is 1. The number of rotatable bonds is 13. The third-order valence-corrected chi connectivity index (χ3v) is 5.69. The fourth-order valence-corrected chi connectivity index (χ4v) is 3.83. The van der Waals surface area contributed by atoms with Gasteiger partial charge in [0, 0.05) is 18.2 Å². The first-order valence-corrected chi connectivity index (χ1v) is 11.5. The van der Waals surface area contributed by atoms with Crippen LogP contribution in [-0.4, -0.2) is 51.4 Å². The highest BCUT2D eigenvalue weighted by molar-refractivity contribution is 5.97. The van der Waals surface area contributed by atoms with Crippen molar-refractivity contribution in [2.45, 2.75) is 63.5 Å². The number of nitrogens with one attached hydrogen (secondary N) is 1. The normalized spacial score (nSPS) is 13.9. The summed E-state index contributed by atoms with van der Waals surface area (Å²) >= 11 is 0. The molecule has 8 heteroatoms.